The Morgan fingerprint density at radius 1 is 0.950 bits per heavy atom. The Balaban J connectivity index is 2.08. The van der Waals surface area contributed by atoms with Gasteiger partial charge in [0, 0.05) is 18.0 Å². The highest BCUT2D eigenvalue weighted by atomic mass is 16.3. The first-order chi connectivity index (χ1) is 9.79. The van der Waals surface area contributed by atoms with Crippen molar-refractivity contribution in [2.24, 2.45) is 0 Å². The van der Waals surface area contributed by atoms with Gasteiger partial charge in [0.25, 0.3) is 0 Å². The van der Waals surface area contributed by atoms with Gasteiger partial charge in [0.2, 0.25) is 0 Å². The summed E-state index contributed by atoms with van der Waals surface area (Å²) in [6.07, 6.45) is 7.66. The van der Waals surface area contributed by atoms with Gasteiger partial charge in [-0.25, -0.2) is 19.6 Å². The molecule has 3 rings (SSSR count). The molecule has 100 valence electrons. The Kier molecular flexibility index (Phi) is 3.22. The minimum Gasteiger partial charge on any atom is -0.378 e. The minimum atomic E-state index is -1.25. The number of benzene rings is 1. The van der Waals surface area contributed by atoms with Crippen molar-refractivity contribution in [2.45, 2.75) is 12.1 Å². The number of hydrogen-bond donors (Lipinski definition) is 1. The molecule has 1 N–H and O–H groups in total. The molecule has 0 saturated carbocycles. The summed E-state index contributed by atoms with van der Waals surface area (Å²) in [5.41, 5.74) is 0.114. The lowest BCUT2D eigenvalue weighted by atomic mass is 9.88. The van der Waals surface area contributed by atoms with E-state index in [0.717, 1.165) is 5.56 Å². The zero-order valence-electron chi connectivity index (χ0n) is 10.7. The zero-order chi connectivity index (χ0) is 13.8. The van der Waals surface area contributed by atoms with Crippen LogP contribution in [0.15, 0.2) is 61.7 Å². The van der Waals surface area contributed by atoms with E-state index < -0.39 is 5.60 Å². The molecule has 0 aliphatic heterocycles. The summed E-state index contributed by atoms with van der Waals surface area (Å²) in [5, 5.41) is 15.2. The summed E-state index contributed by atoms with van der Waals surface area (Å²) in [5.74, 6) is 0. The predicted octanol–water partition coefficient (Wildman–Crippen LogP) is 1.00. The first-order valence-electron chi connectivity index (χ1n) is 6.15. The normalized spacial score (nSPS) is 13.8. The van der Waals surface area contributed by atoms with Crippen LogP contribution in [0, 0.1) is 0 Å². The average Bonchev–Trinajstić information content (AvgIpc) is 3.02. The Labute approximate surface area is 115 Å². The second-order valence-corrected chi connectivity index (χ2v) is 4.45. The molecule has 0 saturated heterocycles. The van der Waals surface area contributed by atoms with Gasteiger partial charge in [-0.3, -0.25) is 0 Å². The van der Waals surface area contributed by atoms with Crippen molar-refractivity contribution in [1.29, 1.82) is 0 Å². The van der Waals surface area contributed by atoms with Crippen molar-refractivity contribution in [3.05, 3.63) is 72.8 Å². The van der Waals surface area contributed by atoms with Crippen LogP contribution in [0.25, 0.3) is 0 Å². The zero-order valence-corrected chi connectivity index (χ0v) is 10.7. The van der Waals surface area contributed by atoms with Gasteiger partial charge in [0.05, 0.1) is 6.54 Å². The molecule has 6 nitrogen and oxygen atoms in total. The molecule has 0 fully saturated rings. The van der Waals surface area contributed by atoms with E-state index in [1.54, 1.807) is 23.4 Å². The molecule has 0 bridgehead atoms. The van der Waals surface area contributed by atoms with Gasteiger partial charge >= 0.3 is 0 Å². The summed E-state index contributed by atoms with van der Waals surface area (Å²) in [4.78, 5) is 11.9. The molecule has 1 atom stereocenters. The molecule has 20 heavy (non-hydrogen) atoms. The third kappa shape index (κ3) is 2.28. The largest absolute Gasteiger partial charge is 0.378 e. The third-order valence-corrected chi connectivity index (χ3v) is 3.15. The van der Waals surface area contributed by atoms with Crippen LogP contribution >= 0.6 is 0 Å². The van der Waals surface area contributed by atoms with E-state index >= 15 is 0 Å². The lowest BCUT2D eigenvalue weighted by molar-refractivity contribution is 0.0565. The first kappa shape index (κ1) is 12.4. The van der Waals surface area contributed by atoms with Gasteiger partial charge in [-0.1, -0.05) is 30.3 Å². The standard InChI is InChI=1S/C14H13N5O/c20-14(8-19-11-17-10-18-19,12-4-2-1-3-5-12)13-6-15-9-16-7-13/h1-7,9-11,20H,8H2. The fourth-order valence-corrected chi connectivity index (χ4v) is 2.12. The topological polar surface area (TPSA) is 76.7 Å². The maximum absolute atomic E-state index is 11.2. The Bertz CT molecular complexity index is 615. The summed E-state index contributed by atoms with van der Waals surface area (Å²) in [6, 6.07) is 9.39. The van der Waals surface area contributed by atoms with Crippen LogP contribution in [0.3, 0.4) is 0 Å². The Morgan fingerprint density at radius 3 is 2.35 bits per heavy atom. The highest BCUT2D eigenvalue weighted by Crippen LogP contribution is 2.30. The van der Waals surface area contributed by atoms with E-state index in [1.165, 1.54) is 12.7 Å². The van der Waals surface area contributed by atoms with Gasteiger partial charge in [-0.15, -0.1) is 0 Å². The quantitative estimate of drug-likeness (QED) is 0.763. The predicted molar refractivity (Wildman–Crippen MR) is 71.5 cm³/mol. The van der Waals surface area contributed by atoms with Gasteiger partial charge in [-0.05, 0) is 5.56 Å². The highest BCUT2D eigenvalue weighted by Gasteiger charge is 2.33. The van der Waals surface area contributed by atoms with E-state index in [4.69, 9.17) is 0 Å². The van der Waals surface area contributed by atoms with Crippen LogP contribution in [0.1, 0.15) is 11.1 Å². The van der Waals surface area contributed by atoms with Crippen LogP contribution < -0.4 is 0 Å². The maximum Gasteiger partial charge on any atom is 0.137 e. The van der Waals surface area contributed by atoms with Crippen molar-refractivity contribution in [2.75, 3.05) is 0 Å². The summed E-state index contributed by atoms with van der Waals surface area (Å²) in [7, 11) is 0. The van der Waals surface area contributed by atoms with Crippen LogP contribution in [-0.4, -0.2) is 29.8 Å². The van der Waals surface area contributed by atoms with Crippen LogP contribution in [0.2, 0.25) is 0 Å². The van der Waals surface area contributed by atoms with E-state index in [2.05, 4.69) is 20.1 Å². The van der Waals surface area contributed by atoms with Crippen LogP contribution in [0.4, 0.5) is 0 Å². The van der Waals surface area contributed by atoms with Crippen molar-refractivity contribution in [1.82, 2.24) is 24.7 Å². The minimum absolute atomic E-state index is 0.240. The van der Waals surface area contributed by atoms with Crippen molar-refractivity contribution < 1.29 is 5.11 Å². The molecule has 0 aliphatic carbocycles. The van der Waals surface area contributed by atoms with Crippen molar-refractivity contribution >= 4 is 0 Å². The van der Waals surface area contributed by atoms with E-state index in [-0.39, 0.29) is 6.54 Å². The fraction of sp³-hybridized carbons (Fsp3) is 0.143. The van der Waals surface area contributed by atoms with Gasteiger partial charge < -0.3 is 5.11 Å². The van der Waals surface area contributed by atoms with Crippen molar-refractivity contribution in [3.63, 3.8) is 0 Å². The van der Waals surface area contributed by atoms with Crippen LogP contribution in [-0.2, 0) is 12.1 Å². The molecule has 0 amide bonds. The number of aliphatic hydroxyl groups is 1. The van der Waals surface area contributed by atoms with E-state index in [1.807, 2.05) is 30.3 Å². The molecule has 0 radical (unpaired) electrons. The second kappa shape index (κ2) is 5.18. The van der Waals surface area contributed by atoms with Gasteiger partial charge in [0.15, 0.2) is 0 Å². The smallest absolute Gasteiger partial charge is 0.137 e. The van der Waals surface area contributed by atoms with E-state index in [9.17, 15) is 5.11 Å². The summed E-state index contributed by atoms with van der Waals surface area (Å²) in [6.45, 7) is 0.240. The molecule has 2 heterocycles. The van der Waals surface area contributed by atoms with Crippen LogP contribution in [0.5, 0.6) is 0 Å². The third-order valence-electron chi connectivity index (χ3n) is 3.15. The fourth-order valence-electron chi connectivity index (χ4n) is 2.12. The molecule has 0 spiro atoms. The molecular weight excluding hydrogens is 254 g/mol. The lowest BCUT2D eigenvalue weighted by Gasteiger charge is -2.28. The number of aromatic nitrogens is 5. The summed E-state index contributed by atoms with van der Waals surface area (Å²) >= 11 is 0. The average molecular weight is 267 g/mol. The molecule has 3 aromatic rings. The van der Waals surface area contributed by atoms with Gasteiger partial charge in [0.1, 0.15) is 24.6 Å². The second-order valence-electron chi connectivity index (χ2n) is 4.45. The van der Waals surface area contributed by atoms with E-state index in [0.29, 0.717) is 5.56 Å². The van der Waals surface area contributed by atoms with Gasteiger partial charge in [-0.2, -0.15) is 5.10 Å². The SMILES string of the molecule is OC(Cn1cncn1)(c1ccccc1)c1cncnc1. The van der Waals surface area contributed by atoms with Crippen molar-refractivity contribution in [3.8, 4) is 0 Å². The molecule has 2 aromatic heterocycles. The number of nitrogens with zero attached hydrogens (tertiary/aromatic N) is 5. The molecular formula is C14H13N5O. The first-order valence-corrected chi connectivity index (χ1v) is 6.15. The summed E-state index contributed by atoms with van der Waals surface area (Å²) < 4.78 is 1.58. The lowest BCUT2D eigenvalue weighted by Crippen LogP contribution is -2.33. The number of hydrogen-bond acceptors (Lipinski definition) is 5. The Hall–Kier alpha value is -2.60. The Morgan fingerprint density at radius 2 is 1.70 bits per heavy atom. The molecule has 1 aromatic carbocycles. The number of rotatable bonds is 4. The highest BCUT2D eigenvalue weighted by molar-refractivity contribution is 5.33. The molecule has 1 unspecified atom stereocenters. The molecule has 6 heteroatoms. The maximum atomic E-state index is 11.2. The molecule has 0 aliphatic rings. The monoisotopic (exact) mass is 267 g/mol.